The SMILES string of the molecule is CCn1nc(-c2ccccc2)c(-c2ccccc2)c(C(=O)NC2CCOc3ccc(Cl)cc32)c1=O. The maximum atomic E-state index is 13.8. The van der Waals surface area contributed by atoms with Gasteiger partial charge in [0.1, 0.15) is 11.3 Å². The van der Waals surface area contributed by atoms with Crippen LogP contribution in [-0.2, 0) is 6.54 Å². The molecule has 0 fully saturated rings. The Kier molecular flexibility index (Phi) is 6.38. The number of nitrogens with zero attached hydrogens (tertiary/aromatic N) is 2. The molecule has 0 spiro atoms. The van der Waals surface area contributed by atoms with E-state index < -0.39 is 11.5 Å². The van der Waals surface area contributed by atoms with E-state index in [0.717, 1.165) is 16.7 Å². The number of carbonyl (C=O) groups excluding carboxylic acids is 1. The van der Waals surface area contributed by atoms with Gasteiger partial charge < -0.3 is 10.1 Å². The molecule has 0 saturated heterocycles. The average Bonchev–Trinajstić information content (AvgIpc) is 2.89. The number of benzene rings is 3. The summed E-state index contributed by atoms with van der Waals surface area (Å²) < 4.78 is 7.09. The molecule has 1 atom stereocenters. The lowest BCUT2D eigenvalue weighted by Crippen LogP contribution is -2.38. The molecule has 0 saturated carbocycles. The molecule has 7 heteroatoms. The van der Waals surface area contributed by atoms with Crippen molar-refractivity contribution in [1.29, 1.82) is 0 Å². The fourth-order valence-electron chi connectivity index (χ4n) is 4.43. The summed E-state index contributed by atoms with van der Waals surface area (Å²) in [6.45, 7) is 2.63. The second-order valence-corrected chi connectivity index (χ2v) is 8.73. The number of amides is 1. The van der Waals surface area contributed by atoms with Crippen LogP contribution >= 0.6 is 11.6 Å². The maximum Gasteiger partial charge on any atom is 0.280 e. The lowest BCUT2D eigenvalue weighted by molar-refractivity contribution is 0.0923. The summed E-state index contributed by atoms with van der Waals surface area (Å²) in [5.41, 5.74) is 3.11. The fourth-order valence-corrected chi connectivity index (χ4v) is 4.61. The Morgan fingerprint density at radius 3 is 2.43 bits per heavy atom. The Hall–Kier alpha value is -3.90. The number of ether oxygens (including phenoxy) is 1. The zero-order valence-corrected chi connectivity index (χ0v) is 20.0. The van der Waals surface area contributed by atoms with Gasteiger partial charge in [-0.25, -0.2) is 4.68 Å². The number of hydrogen-bond acceptors (Lipinski definition) is 4. The first-order valence-electron chi connectivity index (χ1n) is 11.6. The molecule has 1 aliphatic rings. The summed E-state index contributed by atoms with van der Waals surface area (Å²) >= 11 is 6.22. The van der Waals surface area contributed by atoms with Crippen molar-refractivity contribution in [1.82, 2.24) is 15.1 Å². The summed E-state index contributed by atoms with van der Waals surface area (Å²) in [5.74, 6) is 0.230. The van der Waals surface area contributed by atoms with Gasteiger partial charge in [-0.3, -0.25) is 9.59 Å². The van der Waals surface area contributed by atoms with Crippen molar-refractivity contribution in [2.45, 2.75) is 25.9 Å². The van der Waals surface area contributed by atoms with Gasteiger partial charge in [-0.15, -0.1) is 0 Å². The summed E-state index contributed by atoms with van der Waals surface area (Å²) in [5, 5.41) is 8.30. The zero-order valence-electron chi connectivity index (χ0n) is 19.2. The van der Waals surface area contributed by atoms with Gasteiger partial charge in [0.2, 0.25) is 0 Å². The van der Waals surface area contributed by atoms with Crippen LogP contribution in [0.15, 0.2) is 83.7 Å². The molecule has 1 amide bonds. The molecule has 1 N–H and O–H groups in total. The van der Waals surface area contributed by atoms with E-state index in [0.29, 0.717) is 41.6 Å². The molecular weight excluding hydrogens is 462 g/mol. The third kappa shape index (κ3) is 4.45. The lowest BCUT2D eigenvalue weighted by Gasteiger charge is -2.27. The standard InChI is InChI=1S/C28H24ClN3O3/c1-2-32-28(34)25(27(33)30-22-15-16-35-23-14-13-20(29)17-21(22)23)24(18-9-5-3-6-10-18)26(31-32)19-11-7-4-8-12-19/h3-14,17,22H,2,15-16H2,1H3,(H,30,33). The summed E-state index contributed by atoms with van der Waals surface area (Å²) in [7, 11) is 0. The molecule has 0 radical (unpaired) electrons. The topological polar surface area (TPSA) is 73.2 Å². The van der Waals surface area contributed by atoms with E-state index in [1.807, 2.05) is 67.6 Å². The smallest absolute Gasteiger partial charge is 0.280 e. The summed E-state index contributed by atoms with van der Waals surface area (Å²) in [4.78, 5) is 27.4. The number of rotatable bonds is 5. The molecule has 6 nitrogen and oxygen atoms in total. The van der Waals surface area contributed by atoms with Crippen LogP contribution in [0.5, 0.6) is 5.75 Å². The van der Waals surface area contributed by atoms with Crippen LogP contribution in [0.25, 0.3) is 22.4 Å². The van der Waals surface area contributed by atoms with Crippen LogP contribution in [0.3, 0.4) is 0 Å². The normalized spacial score (nSPS) is 14.6. The lowest BCUT2D eigenvalue weighted by atomic mass is 9.94. The Morgan fingerprint density at radius 1 is 1.06 bits per heavy atom. The van der Waals surface area contributed by atoms with E-state index in [9.17, 15) is 9.59 Å². The van der Waals surface area contributed by atoms with Crippen molar-refractivity contribution in [2.24, 2.45) is 0 Å². The molecule has 1 aromatic heterocycles. The molecule has 1 aliphatic heterocycles. The van der Waals surface area contributed by atoms with Crippen molar-refractivity contribution in [2.75, 3.05) is 6.61 Å². The minimum Gasteiger partial charge on any atom is -0.493 e. The van der Waals surface area contributed by atoms with Gasteiger partial charge in [0.25, 0.3) is 11.5 Å². The van der Waals surface area contributed by atoms with Gasteiger partial charge in [0.15, 0.2) is 0 Å². The van der Waals surface area contributed by atoms with E-state index >= 15 is 0 Å². The number of aryl methyl sites for hydroxylation is 1. The van der Waals surface area contributed by atoms with Crippen LogP contribution in [0, 0.1) is 0 Å². The average molecular weight is 486 g/mol. The predicted octanol–water partition coefficient (Wildman–Crippen LogP) is 5.50. The molecule has 0 bridgehead atoms. The van der Waals surface area contributed by atoms with Gasteiger partial charge in [-0.2, -0.15) is 5.10 Å². The number of aromatic nitrogens is 2. The van der Waals surface area contributed by atoms with E-state index in [2.05, 4.69) is 10.4 Å². The van der Waals surface area contributed by atoms with Gasteiger partial charge in [0.05, 0.1) is 18.3 Å². The third-order valence-electron chi connectivity index (χ3n) is 6.11. The summed E-state index contributed by atoms with van der Waals surface area (Å²) in [6.07, 6.45) is 0.568. The molecule has 5 rings (SSSR count). The van der Waals surface area contributed by atoms with Gasteiger partial charge in [0, 0.05) is 34.7 Å². The van der Waals surface area contributed by atoms with E-state index in [1.54, 1.807) is 18.2 Å². The quantitative estimate of drug-likeness (QED) is 0.405. The van der Waals surface area contributed by atoms with Gasteiger partial charge in [-0.05, 0) is 30.7 Å². The second-order valence-electron chi connectivity index (χ2n) is 8.30. The second kappa shape index (κ2) is 9.76. The molecule has 176 valence electrons. The first-order chi connectivity index (χ1) is 17.1. The number of hydrogen-bond donors (Lipinski definition) is 1. The maximum absolute atomic E-state index is 13.8. The Morgan fingerprint density at radius 2 is 1.74 bits per heavy atom. The first-order valence-corrected chi connectivity index (χ1v) is 11.9. The molecule has 1 unspecified atom stereocenters. The highest BCUT2D eigenvalue weighted by Gasteiger charge is 2.29. The minimum absolute atomic E-state index is 0.0713. The Balaban J connectivity index is 1.68. The van der Waals surface area contributed by atoms with Crippen molar-refractivity contribution < 1.29 is 9.53 Å². The zero-order chi connectivity index (χ0) is 24.4. The van der Waals surface area contributed by atoms with Gasteiger partial charge >= 0.3 is 0 Å². The number of fused-ring (bicyclic) bond motifs is 1. The van der Waals surface area contributed by atoms with Crippen LogP contribution < -0.4 is 15.6 Å². The number of carbonyl (C=O) groups is 1. The largest absolute Gasteiger partial charge is 0.493 e. The van der Waals surface area contributed by atoms with Crippen molar-refractivity contribution in [3.8, 4) is 28.1 Å². The third-order valence-corrected chi connectivity index (χ3v) is 6.34. The number of nitrogens with one attached hydrogen (secondary N) is 1. The Bertz CT molecular complexity index is 1440. The Labute approximate surface area is 208 Å². The molecule has 4 aromatic rings. The molecular formula is C28H24ClN3O3. The van der Waals surface area contributed by atoms with Crippen LogP contribution in [0.1, 0.15) is 35.3 Å². The molecule has 2 heterocycles. The van der Waals surface area contributed by atoms with Crippen LogP contribution in [0.2, 0.25) is 5.02 Å². The highest BCUT2D eigenvalue weighted by Crippen LogP contribution is 2.36. The number of halogens is 1. The summed E-state index contributed by atoms with van der Waals surface area (Å²) in [6, 6.07) is 24.1. The van der Waals surface area contributed by atoms with Crippen molar-refractivity contribution >= 4 is 17.5 Å². The van der Waals surface area contributed by atoms with Crippen LogP contribution in [0.4, 0.5) is 0 Å². The first kappa shape index (κ1) is 22.9. The highest BCUT2D eigenvalue weighted by atomic mass is 35.5. The fraction of sp³-hybridized carbons (Fsp3) is 0.179. The molecule has 3 aromatic carbocycles. The van der Waals surface area contributed by atoms with E-state index in [1.165, 1.54) is 4.68 Å². The van der Waals surface area contributed by atoms with Crippen molar-refractivity contribution in [3.05, 3.63) is 105 Å². The van der Waals surface area contributed by atoms with Crippen molar-refractivity contribution in [3.63, 3.8) is 0 Å². The van der Waals surface area contributed by atoms with E-state index in [-0.39, 0.29) is 11.6 Å². The van der Waals surface area contributed by atoms with Crippen LogP contribution in [-0.4, -0.2) is 22.3 Å². The predicted molar refractivity (Wildman–Crippen MR) is 137 cm³/mol. The van der Waals surface area contributed by atoms with Gasteiger partial charge in [-0.1, -0.05) is 72.3 Å². The highest BCUT2D eigenvalue weighted by molar-refractivity contribution is 6.30. The molecule has 35 heavy (non-hydrogen) atoms. The molecule has 0 aliphatic carbocycles. The van der Waals surface area contributed by atoms with E-state index in [4.69, 9.17) is 16.3 Å². The monoisotopic (exact) mass is 485 g/mol. The minimum atomic E-state index is -0.451.